The van der Waals surface area contributed by atoms with Gasteiger partial charge in [-0.1, -0.05) is 6.92 Å². The Morgan fingerprint density at radius 1 is 1.69 bits per heavy atom. The number of hydrogen-bond donors (Lipinski definition) is 1. The van der Waals surface area contributed by atoms with Crippen LogP contribution >= 0.6 is 15.9 Å². The molecule has 1 unspecified atom stereocenters. The molecule has 1 rings (SSSR count). The number of pyridine rings is 1. The topological polar surface area (TPSA) is 51.2 Å². The molecule has 0 fully saturated rings. The lowest BCUT2D eigenvalue weighted by atomic mass is 10.1. The number of nitrogens with one attached hydrogen (secondary N) is 1. The molecule has 88 valence electrons. The molecule has 0 aromatic carbocycles. The molecule has 1 atom stereocenters. The summed E-state index contributed by atoms with van der Waals surface area (Å²) in [6.45, 7) is 2.57. The number of anilines is 1. The Balaban J connectivity index is 2.49. The van der Waals surface area contributed by atoms with Gasteiger partial charge in [-0.05, 0) is 27.9 Å². The lowest BCUT2D eigenvalue weighted by molar-refractivity contribution is -0.117. The van der Waals surface area contributed by atoms with Crippen molar-refractivity contribution in [3.8, 4) is 0 Å². The second-order valence-corrected chi connectivity index (χ2v) is 4.52. The second kappa shape index (κ2) is 6.60. The van der Waals surface area contributed by atoms with Crippen molar-refractivity contribution in [2.75, 3.05) is 19.0 Å². The highest BCUT2D eigenvalue weighted by molar-refractivity contribution is 9.10. The number of carbonyl (C=O) groups excluding carboxylic acids is 1. The second-order valence-electron chi connectivity index (χ2n) is 3.67. The molecule has 16 heavy (non-hydrogen) atoms. The van der Waals surface area contributed by atoms with Gasteiger partial charge in [0.05, 0.1) is 10.2 Å². The van der Waals surface area contributed by atoms with Gasteiger partial charge in [-0.3, -0.25) is 9.78 Å². The molecule has 5 heteroatoms. The summed E-state index contributed by atoms with van der Waals surface area (Å²) in [4.78, 5) is 15.6. The van der Waals surface area contributed by atoms with Crippen molar-refractivity contribution in [2.24, 2.45) is 5.92 Å². The number of hydrogen-bond acceptors (Lipinski definition) is 3. The zero-order valence-electron chi connectivity index (χ0n) is 9.37. The van der Waals surface area contributed by atoms with Crippen LogP contribution in [0.15, 0.2) is 22.9 Å². The highest BCUT2D eigenvalue weighted by Gasteiger charge is 2.10. The number of nitrogens with zero attached hydrogens (tertiary/aromatic N) is 1. The average Bonchev–Trinajstić information content (AvgIpc) is 2.21. The monoisotopic (exact) mass is 286 g/mol. The van der Waals surface area contributed by atoms with Gasteiger partial charge in [0.25, 0.3) is 0 Å². The van der Waals surface area contributed by atoms with E-state index in [2.05, 4.69) is 26.2 Å². The lowest BCUT2D eigenvalue weighted by Crippen LogP contribution is -2.17. The van der Waals surface area contributed by atoms with Gasteiger partial charge >= 0.3 is 0 Å². The molecule has 1 amide bonds. The summed E-state index contributed by atoms with van der Waals surface area (Å²) in [5, 5.41) is 2.82. The number of methoxy groups -OCH3 is 1. The number of aromatic nitrogens is 1. The first-order valence-corrected chi connectivity index (χ1v) is 5.81. The van der Waals surface area contributed by atoms with Crippen LogP contribution in [0, 0.1) is 5.92 Å². The van der Waals surface area contributed by atoms with E-state index >= 15 is 0 Å². The van der Waals surface area contributed by atoms with Crippen LogP contribution in [-0.4, -0.2) is 24.6 Å². The van der Waals surface area contributed by atoms with Crippen LogP contribution in [0.3, 0.4) is 0 Å². The number of rotatable bonds is 5. The smallest absolute Gasteiger partial charge is 0.224 e. The molecule has 0 radical (unpaired) electrons. The van der Waals surface area contributed by atoms with Crippen molar-refractivity contribution >= 4 is 27.5 Å². The number of amides is 1. The predicted molar refractivity (Wildman–Crippen MR) is 66.2 cm³/mol. The summed E-state index contributed by atoms with van der Waals surface area (Å²) in [5.74, 6) is 0.196. The minimum atomic E-state index is -0.0172. The van der Waals surface area contributed by atoms with Crippen molar-refractivity contribution in [1.29, 1.82) is 0 Å². The molecule has 1 heterocycles. The molecule has 1 N–H and O–H groups in total. The van der Waals surface area contributed by atoms with Crippen LogP contribution in [0.5, 0.6) is 0 Å². The normalized spacial score (nSPS) is 12.2. The molecular formula is C11H15BrN2O2. The van der Waals surface area contributed by atoms with Gasteiger partial charge in [0, 0.05) is 32.5 Å². The van der Waals surface area contributed by atoms with E-state index in [9.17, 15) is 4.79 Å². The Hall–Kier alpha value is -0.940. The molecule has 1 aromatic heterocycles. The number of ether oxygens (including phenoxy) is 1. The van der Waals surface area contributed by atoms with Crippen molar-refractivity contribution < 1.29 is 9.53 Å². The fourth-order valence-corrected chi connectivity index (χ4v) is 1.69. The molecule has 1 aromatic rings. The van der Waals surface area contributed by atoms with E-state index in [0.717, 1.165) is 10.2 Å². The Labute approximate surface area is 104 Å². The molecule has 0 aliphatic rings. The highest BCUT2D eigenvalue weighted by Crippen LogP contribution is 2.20. The van der Waals surface area contributed by atoms with Crippen molar-refractivity contribution in [1.82, 2.24) is 4.98 Å². The fourth-order valence-electron chi connectivity index (χ4n) is 1.34. The Morgan fingerprint density at radius 3 is 3.06 bits per heavy atom. The summed E-state index contributed by atoms with van der Waals surface area (Å²) in [5.41, 5.74) is 0.740. The quantitative estimate of drug-likeness (QED) is 0.905. The van der Waals surface area contributed by atoms with E-state index in [4.69, 9.17) is 4.74 Å². The zero-order chi connectivity index (χ0) is 12.0. The van der Waals surface area contributed by atoms with Gasteiger partial charge in [-0.2, -0.15) is 0 Å². The summed E-state index contributed by atoms with van der Waals surface area (Å²) in [6.07, 6.45) is 3.73. The molecule has 0 aliphatic heterocycles. The van der Waals surface area contributed by atoms with Crippen LogP contribution in [0.2, 0.25) is 0 Å². The molecule has 0 saturated carbocycles. The summed E-state index contributed by atoms with van der Waals surface area (Å²) < 4.78 is 5.76. The third-order valence-electron chi connectivity index (χ3n) is 2.03. The maximum atomic E-state index is 11.6. The first-order valence-electron chi connectivity index (χ1n) is 5.01. The van der Waals surface area contributed by atoms with E-state index in [1.54, 1.807) is 25.6 Å². The van der Waals surface area contributed by atoms with Crippen LogP contribution in [-0.2, 0) is 9.53 Å². The van der Waals surface area contributed by atoms with Crippen LogP contribution in [0.1, 0.15) is 13.3 Å². The van der Waals surface area contributed by atoms with Crippen LogP contribution < -0.4 is 5.32 Å². The maximum absolute atomic E-state index is 11.6. The van der Waals surface area contributed by atoms with E-state index in [1.807, 2.05) is 6.92 Å². The molecule has 0 saturated heterocycles. The molecule has 0 bridgehead atoms. The van der Waals surface area contributed by atoms with Crippen molar-refractivity contribution in [2.45, 2.75) is 13.3 Å². The molecular weight excluding hydrogens is 272 g/mol. The molecule has 0 spiro atoms. The number of carbonyl (C=O) groups is 1. The van der Waals surface area contributed by atoms with Gasteiger partial charge in [-0.25, -0.2) is 0 Å². The summed E-state index contributed by atoms with van der Waals surface area (Å²) in [6, 6.07) is 1.75. The largest absolute Gasteiger partial charge is 0.384 e. The number of halogens is 1. The van der Waals surface area contributed by atoms with Gasteiger partial charge < -0.3 is 10.1 Å². The van der Waals surface area contributed by atoms with Crippen LogP contribution in [0.4, 0.5) is 5.69 Å². The maximum Gasteiger partial charge on any atom is 0.224 e. The third-order valence-corrected chi connectivity index (χ3v) is 2.66. The van der Waals surface area contributed by atoms with E-state index < -0.39 is 0 Å². The van der Waals surface area contributed by atoms with Gasteiger partial charge in [-0.15, -0.1) is 0 Å². The van der Waals surface area contributed by atoms with Gasteiger partial charge in [0.2, 0.25) is 5.91 Å². The Bertz CT molecular complexity index is 358. The first kappa shape index (κ1) is 13.1. The summed E-state index contributed by atoms with van der Waals surface area (Å²) >= 11 is 3.32. The first-order chi connectivity index (χ1) is 7.63. The fraction of sp³-hybridized carbons (Fsp3) is 0.455. The minimum absolute atomic E-state index is 0.0172. The van der Waals surface area contributed by atoms with E-state index in [0.29, 0.717) is 13.0 Å². The van der Waals surface area contributed by atoms with Gasteiger partial charge in [0.1, 0.15) is 0 Å². The Morgan fingerprint density at radius 2 is 2.44 bits per heavy atom. The standard InChI is InChI=1S/C11H15BrN2O2/c1-8(7-16-2)5-11(15)14-10-3-4-13-6-9(10)12/h3-4,6,8H,5,7H2,1-2H3,(H,13,14,15). The molecule has 0 aliphatic carbocycles. The van der Waals surface area contributed by atoms with Crippen LogP contribution in [0.25, 0.3) is 0 Å². The van der Waals surface area contributed by atoms with Gasteiger partial charge in [0.15, 0.2) is 0 Å². The minimum Gasteiger partial charge on any atom is -0.384 e. The van der Waals surface area contributed by atoms with E-state index in [1.165, 1.54) is 0 Å². The lowest BCUT2D eigenvalue weighted by Gasteiger charge is -2.11. The SMILES string of the molecule is COCC(C)CC(=O)Nc1ccncc1Br. The zero-order valence-corrected chi connectivity index (χ0v) is 11.0. The highest BCUT2D eigenvalue weighted by atomic mass is 79.9. The van der Waals surface area contributed by atoms with Crippen molar-refractivity contribution in [3.05, 3.63) is 22.9 Å². The van der Waals surface area contributed by atoms with Crippen molar-refractivity contribution in [3.63, 3.8) is 0 Å². The summed E-state index contributed by atoms with van der Waals surface area (Å²) in [7, 11) is 1.63. The Kier molecular flexibility index (Phi) is 5.42. The molecule has 4 nitrogen and oxygen atoms in total. The third kappa shape index (κ3) is 4.28. The predicted octanol–water partition coefficient (Wildman–Crippen LogP) is 2.46. The van der Waals surface area contributed by atoms with E-state index in [-0.39, 0.29) is 11.8 Å². The average molecular weight is 287 g/mol.